The molecule has 0 bridgehead atoms. The van der Waals surface area contributed by atoms with Crippen molar-refractivity contribution in [2.75, 3.05) is 18.5 Å². The van der Waals surface area contributed by atoms with E-state index >= 15 is 0 Å². The average Bonchev–Trinajstić information content (AvgIpc) is 3.11. The van der Waals surface area contributed by atoms with Crippen molar-refractivity contribution >= 4 is 51.7 Å². The average molecular weight is 385 g/mol. The Morgan fingerprint density at radius 1 is 1.00 bits per heavy atom. The first kappa shape index (κ1) is 16.7. The number of carbonyl (C=O) groups excluding carboxylic acids is 1. The molecule has 0 N–H and O–H groups in total. The molecular weight excluding hydrogens is 368 g/mol. The number of rotatable bonds is 3. The molecule has 1 amide bonds. The summed E-state index contributed by atoms with van der Waals surface area (Å²) in [4.78, 5) is 18.7. The lowest BCUT2D eigenvalue weighted by Gasteiger charge is -2.16. The number of hydrogen-bond donors (Lipinski definition) is 0. The van der Waals surface area contributed by atoms with Gasteiger partial charge in [-0.1, -0.05) is 78.2 Å². The Bertz CT molecular complexity index is 879. The summed E-state index contributed by atoms with van der Waals surface area (Å²) in [5.74, 6) is 0.0214. The first-order valence-electron chi connectivity index (χ1n) is 7.97. The maximum absolute atomic E-state index is 12.9. The summed E-state index contributed by atoms with van der Waals surface area (Å²) in [5.41, 5.74) is 2.35. The molecule has 1 saturated heterocycles. The van der Waals surface area contributed by atoms with E-state index in [4.69, 9.17) is 12.2 Å². The summed E-state index contributed by atoms with van der Waals surface area (Å²) in [6, 6.07) is 18.4. The lowest BCUT2D eigenvalue weighted by atomic mass is 10.1. The van der Waals surface area contributed by atoms with Crippen LogP contribution in [0.15, 0.2) is 69.4 Å². The van der Waals surface area contributed by atoms with E-state index in [1.165, 1.54) is 22.2 Å². The monoisotopic (exact) mass is 384 g/mol. The molecule has 0 saturated carbocycles. The van der Waals surface area contributed by atoms with Gasteiger partial charge in [0.1, 0.15) is 9.23 Å². The summed E-state index contributed by atoms with van der Waals surface area (Å²) in [7, 11) is 2.00. The quantitative estimate of drug-likeness (QED) is 0.573. The molecule has 3 nitrogen and oxygen atoms in total. The van der Waals surface area contributed by atoms with Crippen molar-refractivity contribution in [1.29, 1.82) is 0 Å². The molecule has 2 heterocycles. The third kappa shape index (κ3) is 3.10. The van der Waals surface area contributed by atoms with Gasteiger partial charge >= 0.3 is 0 Å². The normalized spacial score (nSPS) is 19.7. The van der Waals surface area contributed by atoms with Crippen LogP contribution in [-0.4, -0.2) is 28.7 Å². The largest absolute Gasteiger partial charge is 0.337 e. The highest BCUT2D eigenvalue weighted by molar-refractivity contribution is 8.27. The number of para-hydroxylation sites is 1. The molecule has 25 heavy (non-hydrogen) atoms. The molecule has 0 atom stereocenters. The third-order valence-electron chi connectivity index (χ3n) is 4.25. The fourth-order valence-corrected chi connectivity index (χ4v) is 5.54. The predicted octanol–water partition coefficient (Wildman–Crippen LogP) is 4.50. The van der Waals surface area contributed by atoms with Crippen molar-refractivity contribution in [2.45, 2.75) is 11.3 Å². The molecule has 0 unspecified atom stereocenters. The maximum Gasteiger partial charge on any atom is 0.268 e. The van der Waals surface area contributed by atoms with Crippen LogP contribution in [0.25, 0.3) is 0 Å². The van der Waals surface area contributed by atoms with E-state index in [2.05, 4.69) is 29.2 Å². The Balaban J connectivity index is 1.56. The number of carbonyl (C=O) groups is 1. The SMILES string of the molecule is CN1C(=C2SC(=S)N(CCc3ccccc3)C2=O)Sc2ccccc21. The summed E-state index contributed by atoms with van der Waals surface area (Å²) in [6.07, 6.45) is 0.805. The molecule has 2 aliphatic heterocycles. The Morgan fingerprint density at radius 3 is 2.48 bits per heavy atom. The Morgan fingerprint density at radius 2 is 1.72 bits per heavy atom. The summed E-state index contributed by atoms with van der Waals surface area (Å²) in [5, 5.41) is 0.973. The molecule has 2 aliphatic rings. The van der Waals surface area contributed by atoms with Gasteiger partial charge in [-0.3, -0.25) is 9.69 Å². The highest BCUT2D eigenvalue weighted by Crippen LogP contribution is 2.49. The van der Waals surface area contributed by atoms with Crippen LogP contribution in [0.1, 0.15) is 5.56 Å². The minimum Gasteiger partial charge on any atom is -0.337 e. The molecule has 4 rings (SSSR count). The van der Waals surface area contributed by atoms with Gasteiger partial charge in [-0.25, -0.2) is 0 Å². The summed E-state index contributed by atoms with van der Waals surface area (Å²) >= 11 is 8.53. The molecular formula is C19H16N2OS3. The van der Waals surface area contributed by atoms with Crippen molar-refractivity contribution in [3.8, 4) is 0 Å². The lowest BCUT2D eigenvalue weighted by Crippen LogP contribution is -2.30. The molecule has 0 spiro atoms. The predicted molar refractivity (Wildman–Crippen MR) is 110 cm³/mol. The molecule has 0 radical (unpaired) electrons. The number of anilines is 1. The van der Waals surface area contributed by atoms with Gasteiger partial charge in [0.25, 0.3) is 5.91 Å². The van der Waals surface area contributed by atoms with Crippen LogP contribution in [0.4, 0.5) is 5.69 Å². The van der Waals surface area contributed by atoms with E-state index in [1.54, 1.807) is 16.7 Å². The van der Waals surface area contributed by atoms with E-state index in [-0.39, 0.29) is 5.91 Å². The second kappa shape index (κ2) is 6.86. The molecule has 0 aliphatic carbocycles. The van der Waals surface area contributed by atoms with E-state index in [9.17, 15) is 4.79 Å². The number of benzene rings is 2. The number of hydrogen-bond acceptors (Lipinski definition) is 5. The van der Waals surface area contributed by atoms with Crippen molar-refractivity contribution in [2.24, 2.45) is 0 Å². The van der Waals surface area contributed by atoms with Gasteiger partial charge < -0.3 is 4.90 Å². The van der Waals surface area contributed by atoms with Gasteiger partial charge in [0.2, 0.25) is 0 Å². The molecule has 0 aromatic heterocycles. The molecule has 1 fully saturated rings. The molecule has 126 valence electrons. The molecule has 2 aromatic carbocycles. The van der Waals surface area contributed by atoms with Gasteiger partial charge in [-0.2, -0.15) is 0 Å². The topological polar surface area (TPSA) is 23.6 Å². The van der Waals surface area contributed by atoms with Crippen LogP contribution >= 0.6 is 35.7 Å². The maximum atomic E-state index is 12.9. The molecule has 2 aromatic rings. The van der Waals surface area contributed by atoms with E-state index in [0.717, 1.165) is 22.0 Å². The van der Waals surface area contributed by atoms with Crippen molar-refractivity contribution in [3.63, 3.8) is 0 Å². The van der Waals surface area contributed by atoms with Crippen LogP contribution in [0.5, 0.6) is 0 Å². The minimum absolute atomic E-state index is 0.0214. The fourth-order valence-electron chi connectivity index (χ4n) is 2.91. The molecule has 6 heteroatoms. The van der Waals surface area contributed by atoms with Crippen molar-refractivity contribution < 1.29 is 4.79 Å². The highest BCUT2D eigenvalue weighted by atomic mass is 32.2. The van der Waals surface area contributed by atoms with Crippen molar-refractivity contribution in [1.82, 2.24) is 4.90 Å². The number of fused-ring (bicyclic) bond motifs is 1. The number of nitrogens with zero attached hydrogens (tertiary/aromatic N) is 2. The van der Waals surface area contributed by atoms with Gasteiger partial charge in [0.05, 0.1) is 10.7 Å². The van der Waals surface area contributed by atoms with Gasteiger partial charge in [-0.15, -0.1) is 0 Å². The van der Waals surface area contributed by atoms with Gasteiger partial charge in [-0.05, 0) is 24.1 Å². The van der Waals surface area contributed by atoms with Crippen LogP contribution in [-0.2, 0) is 11.2 Å². The van der Waals surface area contributed by atoms with Crippen LogP contribution in [0.2, 0.25) is 0 Å². The standard InChI is InChI=1S/C19H16N2OS3/c1-20-14-9-5-6-10-15(14)24-18(20)16-17(22)21(19(23)25-16)12-11-13-7-3-2-4-8-13/h2-10H,11-12H2,1H3. The highest BCUT2D eigenvalue weighted by Gasteiger charge is 2.37. The van der Waals surface area contributed by atoms with E-state index in [1.807, 2.05) is 37.4 Å². The van der Waals surface area contributed by atoms with Crippen LogP contribution < -0.4 is 4.90 Å². The zero-order chi connectivity index (χ0) is 17.4. The number of amides is 1. The van der Waals surface area contributed by atoms with Gasteiger partial charge in [0, 0.05) is 18.5 Å². The van der Waals surface area contributed by atoms with Crippen LogP contribution in [0, 0.1) is 0 Å². The smallest absolute Gasteiger partial charge is 0.268 e. The Hall–Kier alpha value is -1.76. The summed E-state index contributed by atoms with van der Waals surface area (Å²) in [6.45, 7) is 0.618. The number of thiocarbonyl (C=S) groups is 1. The fraction of sp³-hybridized carbons (Fsp3) is 0.158. The Kier molecular flexibility index (Phi) is 4.58. The first-order valence-corrected chi connectivity index (χ1v) is 10.0. The lowest BCUT2D eigenvalue weighted by molar-refractivity contribution is -0.122. The second-order valence-corrected chi connectivity index (χ2v) is 8.50. The van der Waals surface area contributed by atoms with Gasteiger partial charge in [0.15, 0.2) is 0 Å². The second-order valence-electron chi connectivity index (χ2n) is 5.82. The number of thioether (sulfide) groups is 2. The van der Waals surface area contributed by atoms with Crippen LogP contribution in [0.3, 0.4) is 0 Å². The zero-order valence-corrected chi connectivity index (χ0v) is 16.1. The zero-order valence-electron chi connectivity index (χ0n) is 13.6. The van der Waals surface area contributed by atoms with E-state index in [0.29, 0.717) is 10.9 Å². The summed E-state index contributed by atoms with van der Waals surface area (Å²) < 4.78 is 0.647. The van der Waals surface area contributed by atoms with Crippen molar-refractivity contribution in [3.05, 3.63) is 70.1 Å². The first-order chi connectivity index (χ1) is 12.1. The van der Waals surface area contributed by atoms with E-state index < -0.39 is 0 Å². The minimum atomic E-state index is 0.0214. The Labute approximate surface area is 161 Å². The third-order valence-corrected chi connectivity index (χ3v) is 7.05.